The summed E-state index contributed by atoms with van der Waals surface area (Å²) in [6.45, 7) is 2.34. The maximum absolute atomic E-state index is 6.94. The van der Waals surface area contributed by atoms with Crippen molar-refractivity contribution in [2.24, 2.45) is 5.92 Å². The molecule has 0 saturated carbocycles. The van der Waals surface area contributed by atoms with E-state index in [1.165, 1.54) is 76.9 Å². The van der Waals surface area contributed by atoms with E-state index in [9.17, 15) is 0 Å². The fraction of sp³-hybridized carbons (Fsp3) is 0.0536. The monoisotopic (exact) mass is 780 g/mol. The quantitative estimate of drug-likeness (QED) is 0.179. The summed E-state index contributed by atoms with van der Waals surface area (Å²) in [5, 5.41) is 9.73. The van der Waals surface area contributed by atoms with E-state index in [2.05, 4.69) is 202 Å². The van der Waals surface area contributed by atoms with Crippen LogP contribution < -0.4 is 0 Å². The number of hydrogen-bond acceptors (Lipinski definition) is 2. The molecule has 14 rings (SSSR count). The Labute approximate surface area is 349 Å². The summed E-state index contributed by atoms with van der Waals surface area (Å²) in [4.78, 5) is 5.19. The number of hydrogen-bond donors (Lipinski definition) is 0. The van der Waals surface area contributed by atoms with E-state index >= 15 is 0 Å². The zero-order valence-corrected chi connectivity index (χ0v) is 33.3. The molecule has 0 radical (unpaired) electrons. The number of pyridine rings is 1. The summed E-state index contributed by atoms with van der Waals surface area (Å²) in [6, 6.07) is 63.9. The van der Waals surface area contributed by atoms with Gasteiger partial charge in [-0.05, 0) is 88.6 Å². The Morgan fingerprint density at radius 2 is 1.16 bits per heavy atom. The van der Waals surface area contributed by atoms with Gasteiger partial charge in [0.2, 0.25) is 0 Å². The second-order valence-corrected chi connectivity index (χ2v) is 16.8. The lowest BCUT2D eigenvalue weighted by Crippen LogP contribution is -2.13. The largest absolute Gasteiger partial charge is 0.458 e. The molecule has 0 bridgehead atoms. The van der Waals surface area contributed by atoms with Crippen LogP contribution in [0.2, 0.25) is 0 Å². The Bertz CT molecular complexity index is 4040. The molecule has 0 spiro atoms. The topological polar surface area (TPSA) is 40.3 Å². The zero-order chi connectivity index (χ0) is 39.9. The van der Waals surface area contributed by atoms with E-state index in [0.717, 1.165) is 56.3 Å². The highest BCUT2D eigenvalue weighted by molar-refractivity contribution is 6.23. The van der Waals surface area contributed by atoms with Crippen LogP contribution in [0.5, 0.6) is 0 Å². The predicted molar refractivity (Wildman–Crippen MR) is 254 cm³/mol. The molecule has 5 aromatic heterocycles. The van der Waals surface area contributed by atoms with Crippen LogP contribution in [0.15, 0.2) is 180 Å². The number of rotatable bonds is 3. The van der Waals surface area contributed by atoms with Gasteiger partial charge in [-0.15, -0.1) is 0 Å². The molecule has 286 valence electrons. The average Bonchev–Trinajstić information content (AvgIpc) is 4.06. The van der Waals surface area contributed by atoms with Crippen LogP contribution in [0.3, 0.4) is 0 Å². The molecule has 0 aliphatic heterocycles. The number of fused-ring (bicyclic) bond motifs is 18. The van der Waals surface area contributed by atoms with Crippen LogP contribution in [-0.4, -0.2) is 18.5 Å². The van der Waals surface area contributed by atoms with E-state index in [4.69, 9.17) is 9.40 Å². The Hall–Kier alpha value is -7.89. The molecule has 1 aliphatic carbocycles. The number of benzene rings is 8. The van der Waals surface area contributed by atoms with Gasteiger partial charge in [-0.3, -0.25) is 4.40 Å². The highest BCUT2D eigenvalue weighted by atomic mass is 16.3. The van der Waals surface area contributed by atoms with Gasteiger partial charge in [0.05, 0.1) is 33.1 Å². The van der Waals surface area contributed by atoms with Crippen molar-refractivity contribution in [2.75, 3.05) is 0 Å². The SMILES string of the molecule is CC1Cc2oc3c4ccccc4c4nc5ccccc5n4c3c2C=C1n1c2ccc(-c3ccc4c(c3)c3ccccc3n4-c3ccccc3)cc2c2c3ccccc3ccc21. The normalized spacial score (nSPS) is 14.5. The molecule has 0 fully saturated rings. The summed E-state index contributed by atoms with van der Waals surface area (Å²) >= 11 is 0. The van der Waals surface area contributed by atoms with Crippen molar-refractivity contribution in [2.45, 2.75) is 13.3 Å². The van der Waals surface area contributed by atoms with Crippen LogP contribution in [-0.2, 0) is 6.42 Å². The number of furan rings is 1. The average molecular weight is 781 g/mol. The van der Waals surface area contributed by atoms with E-state index in [-0.39, 0.29) is 5.92 Å². The predicted octanol–water partition coefficient (Wildman–Crippen LogP) is 14.6. The number of nitrogens with zero attached hydrogens (tertiary/aromatic N) is 4. The number of aromatic nitrogens is 4. The van der Waals surface area contributed by atoms with Crippen molar-refractivity contribution in [1.82, 2.24) is 18.5 Å². The molecule has 13 aromatic rings. The van der Waals surface area contributed by atoms with E-state index in [1.807, 2.05) is 0 Å². The fourth-order valence-corrected chi connectivity index (χ4v) is 10.7. The highest BCUT2D eigenvalue weighted by Gasteiger charge is 2.30. The Morgan fingerprint density at radius 3 is 2.00 bits per heavy atom. The lowest BCUT2D eigenvalue weighted by atomic mass is 9.92. The van der Waals surface area contributed by atoms with Gasteiger partial charge in [0.15, 0.2) is 5.58 Å². The van der Waals surface area contributed by atoms with E-state index in [1.54, 1.807) is 0 Å². The first-order valence-corrected chi connectivity index (χ1v) is 21.2. The van der Waals surface area contributed by atoms with E-state index < -0.39 is 0 Å². The Balaban J connectivity index is 1.02. The first-order valence-electron chi connectivity index (χ1n) is 21.2. The van der Waals surface area contributed by atoms with Crippen molar-refractivity contribution in [3.63, 3.8) is 0 Å². The van der Waals surface area contributed by atoms with Crippen molar-refractivity contribution in [3.05, 3.63) is 187 Å². The smallest absolute Gasteiger partial charge is 0.159 e. The molecular formula is C56H36N4O. The minimum atomic E-state index is 0.198. The van der Waals surface area contributed by atoms with Gasteiger partial charge < -0.3 is 13.6 Å². The summed E-state index contributed by atoms with van der Waals surface area (Å²) in [6.07, 6.45) is 3.21. The third-order valence-corrected chi connectivity index (χ3v) is 13.4. The zero-order valence-electron chi connectivity index (χ0n) is 33.3. The van der Waals surface area contributed by atoms with Gasteiger partial charge in [0.1, 0.15) is 16.9 Å². The minimum absolute atomic E-state index is 0.198. The second-order valence-electron chi connectivity index (χ2n) is 16.8. The molecular weight excluding hydrogens is 745 g/mol. The molecule has 1 atom stereocenters. The van der Waals surface area contributed by atoms with Crippen molar-refractivity contribution >= 4 is 105 Å². The van der Waals surface area contributed by atoms with Crippen LogP contribution in [0.4, 0.5) is 0 Å². The van der Waals surface area contributed by atoms with Crippen LogP contribution in [0.1, 0.15) is 18.2 Å². The maximum atomic E-state index is 6.94. The molecule has 1 unspecified atom stereocenters. The number of allylic oxidation sites excluding steroid dienone is 1. The lowest BCUT2D eigenvalue weighted by Gasteiger charge is -2.23. The maximum Gasteiger partial charge on any atom is 0.159 e. The van der Waals surface area contributed by atoms with E-state index in [0.29, 0.717) is 0 Å². The van der Waals surface area contributed by atoms with Gasteiger partial charge in [-0.25, -0.2) is 4.98 Å². The van der Waals surface area contributed by atoms with Crippen molar-refractivity contribution < 1.29 is 4.42 Å². The van der Waals surface area contributed by atoms with Crippen molar-refractivity contribution in [1.29, 1.82) is 0 Å². The summed E-state index contributed by atoms with van der Waals surface area (Å²) in [5.41, 5.74) is 15.8. The molecule has 5 heterocycles. The van der Waals surface area contributed by atoms with Crippen LogP contribution >= 0.6 is 0 Å². The molecule has 61 heavy (non-hydrogen) atoms. The Morgan fingerprint density at radius 1 is 0.525 bits per heavy atom. The van der Waals surface area contributed by atoms with Crippen molar-refractivity contribution in [3.8, 4) is 16.8 Å². The standard InChI is InChI=1S/C56H36N4O/c1-33-29-52-44(54-55(61-52)40-18-7-8-19-41(40)56-57-45-20-10-12-22-49(45)60(54)56)32-51(33)59-48-27-25-36(31-43(48)53-38-16-6-5-13-34(38)23-28-50(53)59)35-24-26-47-42(30-35)39-17-9-11-21-46(39)58(47)37-14-3-2-4-15-37/h2-28,30-33H,29H2,1H3. The van der Waals surface area contributed by atoms with Gasteiger partial charge in [0.25, 0.3) is 0 Å². The lowest BCUT2D eigenvalue weighted by molar-refractivity contribution is 0.515. The highest BCUT2D eigenvalue weighted by Crippen LogP contribution is 2.46. The van der Waals surface area contributed by atoms with Crippen LogP contribution in [0.25, 0.3) is 122 Å². The first kappa shape index (κ1) is 33.0. The molecule has 1 aliphatic rings. The molecule has 0 amide bonds. The second kappa shape index (κ2) is 12.1. The molecule has 5 heteroatoms. The van der Waals surface area contributed by atoms with Gasteiger partial charge in [-0.1, -0.05) is 122 Å². The minimum Gasteiger partial charge on any atom is -0.458 e. The molecule has 0 saturated heterocycles. The Kier molecular flexibility index (Phi) is 6.54. The number of imidazole rings is 1. The summed E-state index contributed by atoms with van der Waals surface area (Å²) < 4.78 is 14.2. The van der Waals surface area contributed by atoms with Gasteiger partial charge in [-0.2, -0.15) is 0 Å². The third kappa shape index (κ3) is 4.47. The van der Waals surface area contributed by atoms with Crippen LogP contribution in [0, 0.1) is 5.92 Å². The number of para-hydroxylation sites is 4. The summed E-state index contributed by atoms with van der Waals surface area (Å²) in [5.74, 6) is 1.22. The molecule has 0 N–H and O–H groups in total. The molecule has 8 aromatic carbocycles. The fourth-order valence-electron chi connectivity index (χ4n) is 10.7. The summed E-state index contributed by atoms with van der Waals surface area (Å²) in [7, 11) is 0. The molecule has 5 nitrogen and oxygen atoms in total. The van der Waals surface area contributed by atoms with Gasteiger partial charge in [0, 0.05) is 61.6 Å². The third-order valence-electron chi connectivity index (χ3n) is 13.4. The first-order chi connectivity index (χ1) is 30.2. The van der Waals surface area contributed by atoms with Gasteiger partial charge >= 0.3 is 0 Å².